The number of carbonyl (C=O) groups excluding carboxylic acids is 2. The minimum absolute atomic E-state index is 0.0371. The Morgan fingerprint density at radius 1 is 1.13 bits per heavy atom. The van der Waals surface area contributed by atoms with Crippen LogP contribution in [0.1, 0.15) is 30.5 Å². The lowest BCUT2D eigenvalue weighted by Gasteiger charge is -2.25. The van der Waals surface area contributed by atoms with Gasteiger partial charge in [-0.1, -0.05) is 83.7 Å². The van der Waals surface area contributed by atoms with Crippen LogP contribution in [-0.4, -0.2) is 102 Å². The molecule has 0 aliphatic rings. The van der Waals surface area contributed by atoms with Crippen molar-refractivity contribution in [2.75, 3.05) is 55.8 Å². The van der Waals surface area contributed by atoms with Gasteiger partial charge in [0, 0.05) is 19.7 Å². The molecule has 0 bridgehead atoms. The molecule has 3 rings (SSSR count). The maximum atomic E-state index is 12.6. The molecule has 61 heavy (non-hydrogen) atoms. The van der Waals surface area contributed by atoms with E-state index in [9.17, 15) is 42.2 Å². The van der Waals surface area contributed by atoms with Crippen molar-refractivity contribution >= 4 is 101 Å². The molecule has 0 spiro atoms. The van der Waals surface area contributed by atoms with Gasteiger partial charge in [-0.25, -0.2) is 4.68 Å². The fourth-order valence-electron chi connectivity index (χ4n) is 4.52. The number of nitrogen functional groups attached to an aromatic ring is 1. The average molecular weight is 988 g/mol. The zero-order valence-electron chi connectivity index (χ0n) is 32.8. The first kappa shape index (κ1) is 57.1. The second kappa shape index (κ2) is 27.9. The summed E-state index contributed by atoms with van der Waals surface area (Å²) in [4.78, 5) is 61.3. The van der Waals surface area contributed by atoms with Crippen molar-refractivity contribution in [2.45, 2.75) is 38.2 Å². The Labute approximate surface area is 374 Å². The summed E-state index contributed by atoms with van der Waals surface area (Å²) in [6.45, 7) is 14.2. The standard InChI is InChI=1S/C14H20ClNO2.C10H5Cl2F3N4O2.C8H11Cl2NO.C3H8NO5P/c1-4-12-8-6-7-11(3)14(12)16(10-18-5-2)13(17)9-15;11-5-1-4(10(13,14)15)2-6(12)8(5)18-9(16)7(3-17-18)19(20)21;1-3-5-11(6-4-2)8(12)7(9)10;5-3(6)1-4-2-10(7,8)9/h6-8H,4-5,9-10H2,1-3H3;1-3H,16H2;3-4,7H,1-2,5-6H2;4H,1-2H2,(H,5,6)(H2,7,8,9). The van der Waals surface area contributed by atoms with Crippen molar-refractivity contribution in [3.63, 3.8) is 0 Å². The van der Waals surface area contributed by atoms with E-state index in [0.29, 0.717) is 31.8 Å². The lowest BCUT2D eigenvalue weighted by Crippen LogP contribution is -2.35. The number of nitrogens with zero attached hydrogens (tertiary/aromatic N) is 5. The Morgan fingerprint density at radius 3 is 2.08 bits per heavy atom. The number of hydrogen-bond donors (Lipinski definition) is 5. The Morgan fingerprint density at radius 2 is 1.69 bits per heavy atom. The van der Waals surface area contributed by atoms with Gasteiger partial charge in [-0.2, -0.15) is 18.3 Å². The molecule has 0 fully saturated rings. The molecule has 6 N–H and O–H groups in total. The number of carboxylic acids is 1. The molecule has 0 aliphatic heterocycles. The Hall–Kier alpha value is -3.95. The Kier molecular flexibility index (Phi) is 26.1. The first-order valence-corrected chi connectivity index (χ1v) is 21.1. The summed E-state index contributed by atoms with van der Waals surface area (Å²) in [5.74, 6) is -2.03. The molecule has 0 saturated carbocycles. The number of para-hydroxylation sites is 1. The van der Waals surface area contributed by atoms with Gasteiger partial charge < -0.3 is 30.3 Å². The second-order valence-electron chi connectivity index (χ2n) is 11.6. The van der Waals surface area contributed by atoms with E-state index in [-0.39, 0.29) is 40.2 Å². The number of nitrogens with one attached hydrogen (secondary N) is 1. The molecular weight excluding hydrogens is 944 g/mol. The molecule has 1 aromatic heterocycles. The number of aromatic nitrogens is 2. The number of aryl methyl sites for hydroxylation is 2. The normalized spacial score (nSPS) is 10.9. The quantitative estimate of drug-likeness (QED) is 0.0219. The van der Waals surface area contributed by atoms with E-state index in [0.717, 1.165) is 34.1 Å². The number of anilines is 2. The number of hydrogen-bond acceptors (Lipinski definition) is 10. The molecule has 26 heteroatoms. The van der Waals surface area contributed by atoms with Crippen LogP contribution in [-0.2, 0) is 36.3 Å². The number of nitrogens with two attached hydrogens (primary N) is 1. The molecule has 0 unspecified atom stereocenters. The average Bonchev–Trinajstić information content (AvgIpc) is 3.54. The van der Waals surface area contributed by atoms with E-state index < -0.39 is 59.4 Å². The molecule has 340 valence electrons. The number of halogens is 8. The van der Waals surface area contributed by atoms with Gasteiger partial charge in [0.15, 0.2) is 4.84 Å². The highest BCUT2D eigenvalue weighted by atomic mass is 35.5. The van der Waals surface area contributed by atoms with Gasteiger partial charge in [0.25, 0.3) is 5.91 Å². The van der Waals surface area contributed by atoms with Crippen molar-refractivity contribution in [3.05, 3.63) is 98.7 Å². The van der Waals surface area contributed by atoms with Crippen molar-refractivity contribution in [2.24, 2.45) is 0 Å². The van der Waals surface area contributed by atoms with E-state index in [1.54, 1.807) is 17.1 Å². The number of carbonyl (C=O) groups is 3. The smallest absolute Gasteiger partial charge is 0.416 e. The number of benzene rings is 2. The maximum absolute atomic E-state index is 12.6. The van der Waals surface area contributed by atoms with Crippen LogP contribution in [0.25, 0.3) is 5.69 Å². The molecule has 0 saturated heterocycles. The van der Waals surface area contributed by atoms with Crippen LogP contribution in [0, 0.1) is 17.0 Å². The number of amides is 2. The van der Waals surface area contributed by atoms with Gasteiger partial charge in [0.05, 0.1) is 39.1 Å². The third-order valence-corrected chi connectivity index (χ3v) is 8.96. The first-order valence-electron chi connectivity index (χ1n) is 17.2. The molecule has 2 aromatic carbocycles. The van der Waals surface area contributed by atoms with E-state index in [2.05, 4.69) is 30.5 Å². The summed E-state index contributed by atoms with van der Waals surface area (Å²) in [7, 11) is -4.10. The molecule has 0 aliphatic carbocycles. The predicted octanol–water partition coefficient (Wildman–Crippen LogP) is 7.60. The first-order chi connectivity index (χ1) is 28.3. The van der Waals surface area contributed by atoms with E-state index in [4.69, 9.17) is 83.4 Å². The zero-order chi connectivity index (χ0) is 47.2. The molecule has 17 nitrogen and oxygen atoms in total. The molecule has 2 amide bonds. The fraction of sp³-hybridized carbons (Fsp3) is 0.371. The summed E-state index contributed by atoms with van der Waals surface area (Å²) in [5, 5.41) is 23.6. The lowest BCUT2D eigenvalue weighted by molar-refractivity contribution is -0.383. The third kappa shape index (κ3) is 20.2. The topological polar surface area (TPSA) is 244 Å². The van der Waals surface area contributed by atoms with E-state index in [1.807, 2.05) is 32.0 Å². The highest BCUT2D eigenvalue weighted by Crippen LogP contribution is 2.39. The Bertz CT molecular complexity index is 1970. The van der Waals surface area contributed by atoms with Crippen LogP contribution in [0.3, 0.4) is 0 Å². The van der Waals surface area contributed by atoms with Crippen molar-refractivity contribution in [1.82, 2.24) is 20.0 Å². The van der Waals surface area contributed by atoms with Gasteiger partial charge in [-0.15, -0.1) is 24.8 Å². The number of carboxylic acid groups (broad SMARTS) is 1. The van der Waals surface area contributed by atoms with Crippen molar-refractivity contribution in [1.29, 1.82) is 0 Å². The van der Waals surface area contributed by atoms with Crippen LogP contribution >= 0.6 is 65.6 Å². The van der Waals surface area contributed by atoms with Gasteiger partial charge in [0.1, 0.15) is 24.5 Å². The van der Waals surface area contributed by atoms with Crippen LogP contribution < -0.4 is 16.0 Å². The minimum atomic E-state index is -4.63. The summed E-state index contributed by atoms with van der Waals surface area (Å²) >= 11 is 28.0. The minimum Gasteiger partial charge on any atom is -0.480 e. The second-order valence-corrected chi connectivity index (χ2v) is 15.5. The van der Waals surface area contributed by atoms with Crippen LogP contribution in [0.4, 0.5) is 30.4 Å². The van der Waals surface area contributed by atoms with Crippen LogP contribution in [0.5, 0.6) is 0 Å². The van der Waals surface area contributed by atoms with Crippen molar-refractivity contribution in [3.8, 4) is 5.69 Å². The van der Waals surface area contributed by atoms with Gasteiger partial charge in [0.2, 0.25) is 11.7 Å². The van der Waals surface area contributed by atoms with Crippen LogP contribution in [0.2, 0.25) is 10.0 Å². The molecule has 1 heterocycles. The van der Waals surface area contributed by atoms with Gasteiger partial charge >= 0.3 is 25.4 Å². The zero-order valence-corrected chi connectivity index (χ0v) is 37.4. The molecule has 0 radical (unpaired) electrons. The number of aliphatic carboxylic acids is 1. The summed E-state index contributed by atoms with van der Waals surface area (Å²) < 4.78 is 54.1. The summed E-state index contributed by atoms with van der Waals surface area (Å²) in [6, 6.07) is 7.30. The SMILES string of the molecule is C=CCN(CC=C)C(=O)C(Cl)Cl.CCOCN(C(=O)CCl)c1c(C)cccc1CC.Nc1c([N+](=O)[O-])cnn1-c1c(Cl)cc(C(F)(F)F)cc1Cl.O=C(O)CNCP(=O)(O)O. The third-order valence-electron chi connectivity index (χ3n) is 7.14. The van der Waals surface area contributed by atoms with E-state index >= 15 is 0 Å². The highest BCUT2D eigenvalue weighted by molar-refractivity contribution is 7.51. The summed E-state index contributed by atoms with van der Waals surface area (Å²) in [5.41, 5.74) is 6.91. The van der Waals surface area contributed by atoms with Gasteiger partial charge in [-0.3, -0.25) is 39.3 Å². The lowest BCUT2D eigenvalue weighted by atomic mass is 10.0. The largest absolute Gasteiger partial charge is 0.480 e. The predicted molar refractivity (Wildman–Crippen MR) is 230 cm³/mol. The van der Waals surface area contributed by atoms with Crippen molar-refractivity contribution < 1.29 is 56.7 Å². The Balaban J connectivity index is 0.000000822. The monoisotopic (exact) mass is 985 g/mol. The van der Waals surface area contributed by atoms with E-state index in [1.165, 1.54) is 4.90 Å². The molecule has 0 atom stereocenters. The number of nitro groups is 1. The number of rotatable bonds is 17. The number of ether oxygens (including phenoxy) is 1. The van der Waals surface area contributed by atoms with Gasteiger partial charge in [-0.05, 0) is 43.5 Å². The van der Waals surface area contributed by atoms with Crippen LogP contribution in [0.15, 0.2) is 61.8 Å². The number of alkyl halides is 6. The maximum Gasteiger partial charge on any atom is 0.416 e. The molecular formula is C35H44Cl5F3N7O10P. The molecule has 3 aromatic rings. The highest BCUT2D eigenvalue weighted by Gasteiger charge is 2.33. The fourth-order valence-corrected chi connectivity index (χ4v) is 5.99. The summed E-state index contributed by atoms with van der Waals surface area (Å²) in [6.07, 6.45) is -0.295.